The van der Waals surface area contributed by atoms with Crippen molar-refractivity contribution in [3.8, 4) is 0 Å². The van der Waals surface area contributed by atoms with Gasteiger partial charge in [0.05, 0.1) is 36.3 Å². The lowest BCUT2D eigenvalue weighted by Gasteiger charge is -2.31. The summed E-state index contributed by atoms with van der Waals surface area (Å²) in [7, 11) is -1.04. The molecule has 1 aromatic heterocycles. The van der Waals surface area contributed by atoms with Crippen LogP contribution < -0.4 is 4.80 Å². The van der Waals surface area contributed by atoms with E-state index in [1.54, 1.807) is 18.2 Å². The summed E-state index contributed by atoms with van der Waals surface area (Å²) in [6, 6.07) is 3.89. The molecule has 168 valence electrons. The Hall–Kier alpha value is -2.57. The number of rotatable bonds is 5. The number of amides is 1. The molecule has 1 fully saturated rings. The molecule has 0 radical (unpaired) electrons. The number of methoxy groups -OCH3 is 2. The normalized spacial score (nSPS) is 18.2. The molecule has 1 unspecified atom stereocenters. The first-order valence-electron chi connectivity index (χ1n) is 9.49. The van der Waals surface area contributed by atoms with Crippen molar-refractivity contribution < 1.29 is 32.3 Å². The molecular formula is C19H23N3O7S2. The summed E-state index contributed by atoms with van der Waals surface area (Å²) in [6.45, 7) is 0.0719. The summed E-state index contributed by atoms with van der Waals surface area (Å²) in [5.41, 5.74) is 0.896. The Morgan fingerprint density at radius 3 is 2.58 bits per heavy atom. The van der Waals surface area contributed by atoms with Crippen molar-refractivity contribution in [3.05, 3.63) is 28.6 Å². The SMILES string of the molecule is COC(=O)Cn1c(=NC(=O)C2CCCCN2S(C)(=O)=O)sc2cc(C(=O)OC)ccc21. The average molecular weight is 470 g/mol. The second-order valence-electron chi connectivity index (χ2n) is 7.06. The zero-order chi connectivity index (χ0) is 22.8. The molecule has 0 N–H and O–H groups in total. The van der Waals surface area contributed by atoms with Crippen molar-refractivity contribution >= 4 is 49.4 Å². The number of piperidine rings is 1. The quantitative estimate of drug-likeness (QED) is 0.596. The van der Waals surface area contributed by atoms with Crippen LogP contribution in [0.25, 0.3) is 10.2 Å². The number of hydrogen-bond donors (Lipinski definition) is 0. The van der Waals surface area contributed by atoms with Crippen molar-refractivity contribution in [2.75, 3.05) is 27.0 Å². The lowest BCUT2D eigenvalue weighted by atomic mass is 10.0. The minimum absolute atomic E-state index is 0.194. The molecule has 0 bridgehead atoms. The Balaban J connectivity index is 2.10. The summed E-state index contributed by atoms with van der Waals surface area (Å²) in [5.74, 6) is -1.65. The van der Waals surface area contributed by atoms with E-state index in [-0.39, 0.29) is 17.9 Å². The molecule has 0 saturated carbocycles. The van der Waals surface area contributed by atoms with Crippen LogP contribution in [-0.2, 0) is 35.6 Å². The molecule has 1 amide bonds. The number of sulfonamides is 1. The zero-order valence-corrected chi connectivity index (χ0v) is 19.0. The fraction of sp³-hybridized carbons (Fsp3) is 0.474. The second kappa shape index (κ2) is 9.28. The van der Waals surface area contributed by atoms with Gasteiger partial charge in [-0.15, -0.1) is 0 Å². The van der Waals surface area contributed by atoms with Crippen molar-refractivity contribution in [1.29, 1.82) is 0 Å². The molecule has 3 rings (SSSR count). The van der Waals surface area contributed by atoms with E-state index in [1.807, 2.05) is 0 Å². The van der Waals surface area contributed by atoms with Crippen LogP contribution >= 0.6 is 11.3 Å². The van der Waals surface area contributed by atoms with Gasteiger partial charge in [-0.1, -0.05) is 17.8 Å². The van der Waals surface area contributed by atoms with Crippen LogP contribution in [-0.4, -0.2) is 68.2 Å². The summed E-state index contributed by atoms with van der Waals surface area (Å²) < 4.78 is 37.0. The van der Waals surface area contributed by atoms with Crippen LogP contribution in [0.4, 0.5) is 0 Å². The smallest absolute Gasteiger partial charge is 0.337 e. The van der Waals surface area contributed by atoms with Gasteiger partial charge in [-0.2, -0.15) is 9.30 Å². The Bertz CT molecular complexity index is 1200. The van der Waals surface area contributed by atoms with Crippen molar-refractivity contribution in [1.82, 2.24) is 8.87 Å². The Morgan fingerprint density at radius 2 is 1.94 bits per heavy atom. The number of carbonyl (C=O) groups is 3. The number of benzene rings is 1. The molecule has 2 heterocycles. The molecule has 2 aromatic rings. The molecule has 1 aliphatic heterocycles. The number of ether oxygens (including phenoxy) is 2. The molecule has 1 aromatic carbocycles. The molecule has 1 saturated heterocycles. The average Bonchev–Trinajstić information content (AvgIpc) is 3.08. The number of aromatic nitrogens is 1. The molecule has 31 heavy (non-hydrogen) atoms. The minimum atomic E-state index is -3.56. The van der Waals surface area contributed by atoms with Crippen LogP contribution in [0.15, 0.2) is 23.2 Å². The third kappa shape index (κ3) is 5.02. The van der Waals surface area contributed by atoms with Crippen molar-refractivity contribution in [3.63, 3.8) is 0 Å². The van der Waals surface area contributed by atoms with Gasteiger partial charge in [0.15, 0.2) is 4.80 Å². The highest BCUT2D eigenvalue weighted by molar-refractivity contribution is 7.88. The van der Waals surface area contributed by atoms with Crippen LogP contribution in [0.3, 0.4) is 0 Å². The number of nitrogens with zero attached hydrogens (tertiary/aromatic N) is 3. The van der Waals surface area contributed by atoms with Crippen LogP contribution in [0.2, 0.25) is 0 Å². The standard InChI is InChI=1S/C19H23N3O7S2/c1-28-16(23)11-21-13-8-7-12(18(25)29-2)10-15(13)30-19(21)20-17(24)14-6-4-5-9-22(14)31(3,26)27/h7-8,10,14H,4-6,9,11H2,1-3H3. The molecule has 10 nitrogen and oxygen atoms in total. The highest BCUT2D eigenvalue weighted by atomic mass is 32.2. The third-order valence-electron chi connectivity index (χ3n) is 4.99. The fourth-order valence-corrected chi connectivity index (χ4v) is 5.66. The van der Waals surface area contributed by atoms with Gasteiger partial charge < -0.3 is 14.0 Å². The van der Waals surface area contributed by atoms with E-state index in [1.165, 1.54) is 23.1 Å². The number of thiazole rings is 1. The summed E-state index contributed by atoms with van der Waals surface area (Å²) in [6.07, 6.45) is 2.85. The zero-order valence-electron chi connectivity index (χ0n) is 17.4. The predicted molar refractivity (Wildman–Crippen MR) is 113 cm³/mol. The van der Waals surface area contributed by atoms with Crippen molar-refractivity contribution in [2.24, 2.45) is 4.99 Å². The van der Waals surface area contributed by atoms with Gasteiger partial charge >= 0.3 is 11.9 Å². The monoisotopic (exact) mass is 469 g/mol. The van der Waals surface area contributed by atoms with E-state index in [0.717, 1.165) is 24.0 Å². The number of hydrogen-bond acceptors (Lipinski definition) is 8. The Labute approximate surface area is 183 Å². The maximum atomic E-state index is 13.0. The van der Waals surface area contributed by atoms with Crippen molar-refractivity contribution in [2.45, 2.75) is 31.8 Å². The second-order valence-corrected chi connectivity index (χ2v) is 10.0. The van der Waals surface area contributed by atoms with Gasteiger partial charge in [-0.25, -0.2) is 13.2 Å². The van der Waals surface area contributed by atoms with Gasteiger partial charge in [0.1, 0.15) is 12.6 Å². The predicted octanol–water partition coefficient (Wildman–Crippen LogP) is 0.904. The number of carbonyl (C=O) groups excluding carboxylic acids is 3. The van der Waals surface area contributed by atoms with E-state index in [2.05, 4.69) is 4.99 Å². The molecule has 0 spiro atoms. The third-order valence-corrected chi connectivity index (χ3v) is 7.32. The lowest BCUT2D eigenvalue weighted by Crippen LogP contribution is -2.47. The van der Waals surface area contributed by atoms with E-state index in [4.69, 9.17) is 9.47 Å². The van der Waals surface area contributed by atoms with Crippen LogP contribution in [0.1, 0.15) is 29.6 Å². The maximum absolute atomic E-state index is 13.0. The molecule has 1 atom stereocenters. The highest BCUT2D eigenvalue weighted by Crippen LogP contribution is 2.22. The van der Waals surface area contributed by atoms with Gasteiger partial charge in [0, 0.05) is 6.54 Å². The fourth-order valence-electron chi connectivity index (χ4n) is 3.47. The lowest BCUT2D eigenvalue weighted by molar-refractivity contribution is -0.141. The number of fused-ring (bicyclic) bond motifs is 1. The summed E-state index contributed by atoms with van der Waals surface area (Å²) >= 11 is 1.11. The topological polar surface area (TPSA) is 124 Å². The maximum Gasteiger partial charge on any atom is 0.337 e. The highest BCUT2D eigenvalue weighted by Gasteiger charge is 2.34. The Kier molecular flexibility index (Phi) is 6.92. The van der Waals surface area contributed by atoms with Gasteiger partial charge in [0.25, 0.3) is 5.91 Å². The molecule has 0 aliphatic carbocycles. The van der Waals surface area contributed by atoms with Gasteiger partial charge in [-0.05, 0) is 31.0 Å². The minimum Gasteiger partial charge on any atom is -0.468 e. The summed E-state index contributed by atoms with van der Waals surface area (Å²) in [5, 5.41) is 0. The molecule has 12 heteroatoms. The van der Waals surface area contributed by atoms with E-state index in [0.29, 0.717) is 28.6 Å². The first kappa shape index (κ1) is 23.1. The summed E-state index contributed by atoms with van der Waals surface area (Å²) in [4.78, 5) is 41.1. The number of esters is 2. The van der Waals surface area contributed by atoms with E-state index >= 15 is 0 Å². The Morgan fingerprint density at radius 1 is 1.19 bits per heavy atom. The first-order chi connectivity index (χ1) is 14.7. The van der Waals surface area contributed by atoms with Crippen LogP contribution in [0.5, 0.6) is 0 Å². The molecule has 1 aliphatic rings. The van der Waals surface area contributed by atoms with E-state index < -0.39 is 33.9 Å². The van der Waals surface area contributed by atoms with Gasteiger partial charge in [-0.3, -0.25) is 9.59 Å². The first-order valence-corrected chi connectivity index (χ1v) is 12.2. The van der Waals surface area contributed by atoms with Crippen LogP contribution in [0, 0.1) is 0 Å². The van der Waals surface area contributed by atoms with E-state index in [9.17, 15) is 22.8 Å². The molecular weight excluding hydrogens is 446 g/mol. The van der Waals surface area contributed by atoms with Gasteiger partial charge in [0.2, 0.25) is 10.0 Å². The largest absolute Gasteiger partial charge is 0.468 e.